The van der Waals surface area contributed by atoms with E-state index in [1.54, 1.807) is 24.3 Å². The van der Waals surface area contributed by atoms with Gasteiger partial charge in [0.1, 0.15) is 5.76 Å². The summed E-state index contributed by atoms with van der Waals surface area (Å²) in [6.45, 7) is 0.208. The third-order valence-corrected chi connectivity index (χ3v) is 2.73. The van der Waals surface area contributed by atoms with Crippen LogP contribution in [0.1, 0.15) is 11.9 Å². The highest BCUT2D eigenvalue weighted by molar-refractivity contribution is 9.10. The maximum atomic E-state index is 13.5. The number of rotatable bonds is 4. The van der Waals surface area contributed by atoms with Gasteiger partial charge in [-0.25, -0.2) is 4.39 Å². The average molecular weight is 300 g/mol. The summed E-state index contributed by atoms with van der Waals surface area (Å²) in [4.78, 5) is 0. The fourth-order valence-electron chi connectivity index (χ4n) is 1.42. The summed E-state index contributed by atoms with van der Waals surface area (Å²) in [5, 5.41) is 0. The van der Waals surface area contributed by atoms with E-state index in [1.165, 1.54) is 12.3 Å². The lowest BCUT2D eigenvalue weighted by Crippen LogP contribution is -2.18. The van der Waals surface area contributed by atoms with Gasteiger partial charge in [-0.2, -0.15) is 0 Å². The standard InChI is InChI=1S/C12H11BrFNO2/c13-8-3-4-9(14)11(6-8)17-12(7-15)10-2-1-5-16-10/h1-6,12H,7,15H2. The summed E-state index contributed by atoms with van der Waals surface area (Å²) in [7, 11) is 0. The third-order valence-electron chi connectivity index (χ3n) is 2.24. The molecular weight excluding hydrogens is 289 g/mol. The number of nitrogens with two attached hydrogens (primary N) is 1. The lowest BCUT2D eigenvalue weighted by Gasteiger charge is -2.15. The highest BCUT2D eigenvalue weighted by atomic mass is 79.9. The fourth-order valence-corrected chi connectivity index (χ4v) is 1.76. The van der Waals surface area contributed by atoms with E-state index < -0.39 is 11.9 Å². The molecule has 1 atom stereocenters. The molecule has 3 nitrogen and oxygen atoms in total. The lowest BCUT2D eigenvalue weighted by molar-refractivity contribution is 0.176. The van der Waals surface area contributed by atoms with Crippen molar-refractivity contribution in [2.75, 3.05) is 6.54 Å². The van der Waals surface area contributed by atoms with Crippen LogP contribution in [0.15, 0.2) is 45.5 Å². The van der Waals surface area contributed by atoms with Crippen LogP contribution in [0.2, 0.25) is 0 Å². The maximum Gasteiger partial charge on any atom is 0.168 e. The van der Waals surface area contributed by atoms with Gasteiger partial charge in [0, 0.05) is 11.0 Å². The fraction of sp³-hybridized carbons (Fsp3) is 0.167. The van der Waals surface area contributed by atoms with Gasteiger partial charge in [0.05, 0.1) is 6.26 Å². The van der Waals surface area contributed by atoms with E-state index in [2.05, 4.69) is 15.9 Å². The quantitative estimate of drug-likeness (QED) is 0.943. The first-order valence-electron chi connectivity index (χ1n) is 5.06. The van der Waals surface area contributed by atoms with Gasteiger partial charge in [0.2, 0.25) is 0 Å². The summed E-state index contributed by atoms with van der Waals surface area (Å²) in [5.74, 6) is 0.288. The van der Waals surface area contributed by atoms with Crippen molar-refractivity contribution >= 4 is 15.9 Å². The predicted molar refractivity (Wildman–Crippen MR) is 65.2 cm³/mol. The van der Waals surface area contributed by atoms with Crippen LogP contribution in [0.4, 0.5) is 4.39 Å². The number of furan rings is 1. The van der Waals surface area contributed by atoms with Crippen molar-refractivity contribution in [2.24, 2.45) is 5.73 Å². The molecule has 0 amide bonds. The first-order valence-corrected chi connectivity index (χ1v) is 5.85. The van der Waals surface area contributed by atoms with E-state index in [-0.39, 0.29) is 12.3 Å². The minimum atomic E-state index is -0.492. The second-order valence-corrected chi connectivity index (χ2v) is 4.35. The Morgan fingerprint density at radius 1 is 1.41 bits per heavy atom. The largest absolute Gasteiger partial charge is 0.478 e. The van der Waals surface area contributed by atoms with Gasteiger partial charge in [-0.05, 0) is 30.3 Å². The number of hydrogen-bond acceptors (Lipinski definition) is 3. The Kier molecular flexibility index (Phi) is 3.81. The summed E-state index contributed by atoms with van der Waals surface area (Å²) in [6, 6.07) is 7.97. The van der Waals surface area contributed by atoms with Gasteiger partial charge in [0.15, 0.2) is 17.7 Å². The Bertz CT molecular complexity index is 487. The molecule has 0 aliphatic carbocycles. The molecule has 17 heavy (non-hydrogen) atoms. The molecule has 1 unspecified atom stereocenters. The first-order chi connectivity index (χ1) is 8.20. The molecule has 0 spiro atoms. The molecule has 1 aromatic carbocycles. The average Bonchev–Trinajstić information content (AvgIpc) is 2.84. The minimum absolute atomic E-state index is 0.145. The molecule has 1 aromatic heterocycles. The van der Waals surface area contributed by atoms with Gasteiger partial charge in [-0.1, -0.05) is 15.9 Å². The SMILES string of the molecule is NCC(Oc1cc(Br)ccc1F)c1ccco1. The zero-order chi connectivity index (χ0) is 12.3. The number of benzene rings is 1. The molecule has 5 heteroatoms. The Morgan fingerprint density at radius 3 is 2.88 bits per heavy atom. The molecule has 1 heterocycles. The summed E-state index contributed by atoms with van der Waals surface area (Å²) >= 11 is 3.26. The summed E-state index contributed by atoms with van der Waals surface area (Å²) in [5.41, 5.74) is 5.58. The number of ether oxygens (including phenoxy) is 1. The number of halogens is 2. The molecule has 0 fully saturated rings. The highest BCUT2D eigenvalue weighted by Crippen LogP contribution is 2.27. The van der Waals surface area contributed by atoms with Crippen LogP contribution in [-0.2, 0) is 0 Å². The Balaban J connectivity index is 2.21. The van der Waals surface area contributed by atoms with Crippen LogP contribution >= 0.6 is 15.9 Å². The molecule has 90 valence electrons. The highest BCUT2D eigenvalue weighted by Gasteiger charge is 2.16. The monoisotopic (exact) mass is 299 g/mol. The van der Waals surface area contributed by atoms with Crippen molar-refractivity contribution in [3.63, 3.8) is 0 Å². The van der Waals surface area contributed by atoms with Crippen molar-refractivity contribution in [1.82, 2.24) is 0 Å². The van der Waals surface area contributed by atoms with Gasteiger partial charge >= 0.3 is 0 Å². The van der Waals surface area contributed by atoms with Gasteiger partial charge in [-0.3, -0.25) is 0 Å². The molecule has 2 N–H and O–H groups in total. The smallest absolute Gasteiger partial charge is 0.168 e. The molecule has 0 aliphatic rings. The molecule has 0 radical (unpaired) electrons. The Labute approximate surface area is 106 Å². The molecule has 0 saturated carbocycles. The van der Waals surface area contributed by atoms with Gasteiger partial charge < -0.3 is 14.9 Å². The van der Waals surface area contributed by atoms with E-state index in [0.29, 0.717) is 5.76 Å². The van der Waals surface area contributed by atoms with Crippen molar-refractivity contribution in [3.05, 3.63) is 52.6 Å². The number of hydrogen-bond donors (Lipinski definition) is 1. The van der Waals surface area contributed by atoms with Crippen LogP contribution in [0.25, 0.3) is 0 Å². The summed E-state index contributed by atoms with van der Waals surface area (Å²) < 4.78 is 24.9. The Hall–Kier alpha value is -1.33. The topological polar surface area (TPSA) is 48.4 Å². The molecule has 0 bridgehead atoms. The van der Waals surface area contributed by atoms with Crippen LogP contribution in [0.3, 0.4) is 0 Å². The van der Waals surface area contributed by atoms with Crippen molar-refractivity contribution < 1.29 is 13.5 Å². The third kappa shape index (κ3) is 2.87. The molecular formula is C12H11BrFNO2. The maximum absolute atomic E-state index is 13.5. The van der Waals surface area contributed by atoms with Gasteiger partial charge in [-0.15, -0.1) is 0 Å². The van der Waals surface area contributed by atoms with E-state index in [9.17, 15) is 4.39 Å². The van der Waals surface area contributed by atoms with E-state index >= 15 is 0 Å². The second kappa shape index (κ2) is 5.33. The van der Waals surface area contributed by atoms with Gasteiger partial charge in [0.25, 0.3) is 0 Å². The van der Waals surface area contributed by atoms with Crippen LogP contribution in [0.5, 0.6) is 5.75 Å². The van der Waals surface area contributed by atoms with Crippen LogP contribution in [-0.4, -0.2) is 6.54 Å². The first kappa shape index (κ1) is 12.1. The normalized spacial score (nSPS) is 12.4. The van der Waals surface area contributed by atoms with Crippen LogP contribution in [0, 0.1) is 5.82 Å². The van der Waals surface area contributed by atoms with Crippen LogP contribution < -0.4 is 10.5 Å². The molecule has 2 aromatic rings. The second-order valence-electron chi connectivity index (χ2n) is 3.43. The summed E-state index contributed by atoms with van der Waals surface area (Å²) in [6.07, 6.45) is 1.03. The molecule has 2 rings (SSSR count). The van der Waals surface area contributed by atoms with Crippen molar-refractivity contribution in [1.29, 1.82) is 0 Å². The van der Waals surface area contributed by atoms with E-state index in [1.807, 2.05) is 0 Å². The van der Waals surface area contributed by atoms with E-state index in [4.69, 9.17) is 14.9 Å². The van der Waals surface area contributed by atoms with Crippen molar-refractivity contribution in [2.45, 2.75) is 6.10 Å². The molecule has 0 saturated heterocycles. The van der Waals surface area contributed by atoms with Crippen molar-refractivity contribution in [3.8, 4) is 5.75 Å². The van der Waals surface area contributed by atoms with E-state index in [0.717, 1.165) is 4.47 Å². The predicted octanol–water partition coefficient (Wildman–Crippen LogP) is 3.26. The minimum Gasteiger partial charge on any atom is -0.478 e. The Morgan fingerprint density at radius 2 is 2.24 bits per heavy atom. The molecule has 0 aliphatic heterocycles. The zero-order valence-electron chi connectivity index (χ0n) is 8.90. The zero-order valence-corrected chi connectivity index (χ0v) is 10.5. The lowest BCUT2D eigenvalue weighted by atomic mass is 10.2.